The minimum Gasteiger partial charge on any atom is -0.497 e. The van der Waals surface area contributed by atoms with Gasteiger partial charge in [-0.25, -0.2) is 9.97 Å². The fraction of sp³-hybridized carbons (Fsp3) is 0.0588. The number of nitrogens with zero attached hydrogens (tertiary/aromatic N) is 2. The summed E-state index contributed by atoms with van der Waals surface area (Å²) in [5, 5.41) is 0. The topological polar surface area (TPSA) is 35.0 Å². The number of hydrogen-bond acceptors (Lipinski definition) is 3. The first-order valence-electron chi connectivity index (χ1n) is 6.38. The Kier molecular flexibility index (Phi) is 3.42. The van der Waals surface area contributed by atoms with E-state index in [1.165, 1.54) is 0 Å². The molecule has 0 bridgehead atoms. The van der Waals surface area contributed by atoms with Crippen LogP contribution < -0.4 is 4.74 Å². The van der Waals surface area contributed by atoms with Crippen molar-refractivity contribution in [3.8, 4) is 28.1 Å². The van der Waals surface area contributed by atoms with Gasteiger partial charge in [-0.1, -0.05) is 36.4 Å². The van der Waals surface area contributed by atoms with E-state index in [9.17, 15) is 0 Å². The van der Waals surface area contributed by atoms with Crippen molar-refractivity contribution in [2.24, 2.45) is 0 Å². The lowest BCUT2D eigenvalue weighted by Crippen LogP contribution is -1.88. The molecule has 0 radical (unpaired) electrons. The summed E-state index contributed by atoms with van der Waals surface area (Å²) in [6.45, 7) is 0. The Morgan fingerprint density at radius 2 is 1.60 bits per heavy atom. The molecule has 0 aliphatic rings. The van der Waals surface area contributed by atoms with Crippen LogP contribution in [-0.4, -0.2) is 17.1 Å². The number of benzene rings is 2. The molecule has 3 aromatic rings. The number of methoxy groups -OCH3 is 1. The summed E-state index contributed by atoms with van der Waals surface area (Å²) in [6, 6.07) is 18.2. The molecular weight excluding hydrogens is 248 g/mol. The molecule has 0 fully saturated rings. The summed E-state index contributed by atoms with van der Waals surface area (Å²) >= 11 is 0. The van der Waals surface area contributed by atoms with Crippen LogP contribution in [0.25, 0.3) is 22.4 Å². The highest BCUT2D eigenvalue weighted by Gasteiger charge is 2.07. The fourth-order valence-electron chi connectivity index (χ4n) is 2.18. The third-order valence-electron chi connectivity index (χ3n) is 3.19. The van der Waals surface area contributed by atoms with E-state index in [-0.39, 0.29) is 0 Å². The second-order valence-corrected chi connectivity index (χ2v) is 4.37. The molecule has 0 aliphatic carbocycles. The van der Waals surface area contributed by atoms with E-state index in [4.69, 9.17) is 4.74 Å². The van der Waals surface area contributed by atoms with Crippen LogP contribution >= 0.6 is 0 Å². The van der Waals surface area contributed by atoms with Crippen LogP contribution in [0, 0.1) is 0 Å². The van der Waals surface area contributed by atoms with Crippen LogP contribution in [-0.2, 0) is 0 Å². The van der Waals surface area contributed by atoms with E-state index in [0.717, 1.165) is 28.1 Å². The molecule has 3 rings (SSSR count). The zero-order valence-corrected chi connectivity index (χ0v) is 11.2. The fourth-order valence-corrected chi connectivity index (χ4v) is 2.18. The van der Waals surface area contributed by atoms with Gasteiger partial charge in [0.2, 0.25) is 0 Å². The van der Waals surface area contributed by atoms with Crippen LogP contribution in [0.3, 0.4) is 0 Å². The summed E-state index contributed by atoms with van der Waals surface area (Å²) in [7, 11) is 1.67. The van der Waals surface area contributed by atoms with Crippen molar-refractivity contribution < 1.29 is 4.74 Å². The van der Waals surface area contributed by atoms with E-state index in [0.29, 0.717) is 0 Å². The average molecular weight is 262 g/mol. The third-order valence-corrected chi connectivity index (χ3v) is 3.19. The first-order chi connectivity index (χ1) is 9.88. The van der Waals surface area contributed by atoms with Gasteiger partial charge >= 0.3 is 0 Å². The molecule has 2 aromatic carbocycles. The summed E-state index contributed by atoms with van der Waals surface area (Å²) < 4.78 is 5.20. The molecule has 0 atom stereocenters. The Labute approximate surface area is 117 Å². The Hall–Kier alpha value is -2.68. The SMILES string of the molecule is COc1ccc(-c2ccccc2-c2ccncn2)cc1. The number of aromatic nitrogens is 2. The Morgan fingerprint density at radius 3 is 2.25 bits per heavy atom. The van der Waals surface area contributed by atoms with Gasteiger partial charge in [0.25, 0.3) is 0 Å². The van der Waals surface area contributed by atoms with Crippen LogP contribution in [0.4, 0.5) is 0 Å². The Balaban J connectivity index is 2.10. The molecule has 0 amide bonds. The smallest absolute Gasteiger partial charge is 0.118 e. The average Bonchev–Trinajstić information content (AvgIpc) is 2.56. The molecule has 3 heteroatoms. The highest BCUT2D eigenvalue weighted by Crippen LogP contribution is 2.31. The lowest BCUT2D eigenvalue weighted by molar-refractivity contribution is 0.415. The monoisotopic (exact) mass is 262 g/mol. The van der Waals surface area contributed by atoms with Gasteiger partial charge in [-0.2, -0.15) is 0 Å². The second-order valence-electron chi connectivity index (χ2n) is 4.37. The van der Waals surface area contributed by atoms with Gasteiger partial charge in [0.05, 0.1) is 12.8 Å². The molecule has 0 aliphatic heterocycles. The normalized spacial score (nSPS) is 10.2. The molecule has 20 heavy (non-hydrogen) atoms. The molecular formula is C17H14N2O. The van der Waals surface area contributed by atoms with E-state index in [2.05, 4.69) is 34.2 Å². The molecule has 0 saturated heterocycles. The maximum atomic E-state index is 5.20. The van der Waals surface area contributed by atoms with Crippen molar-refractivity contribution >= 4 is 0 Å². The third kappa shape index (κ3) is 2.38. The zero-order chi connectivity index (χ0) is 13.8. The van der Waals surface area contributed by atoms with Gasteiger partial charge in [0.1, 0.15) is 12.1 Å². The van der Waals surface area contributed by atoms with Crippen LogP contribution in [0.15, 0.2) is 67.1 Å². The molecule has 0 saturated carbocycles. The standard InChI is InChI=1S/C17H14N2O/c1-20-14-8-6-13(7-9-14)15-4-2-3-5-16(15)17-10-11-18-12-19-17/h2-12H,1H3. The minimum atomic E-state index is 0.855. The molecule has 0 unspecified atom stereocenters. The zero-order valence-electron chi connectivity index (χ0n) is 11.2. The molecule has 98 valence electrons. The highest BCUT2D eigenvalue weighted by atomic mass is 16.5. The second kappa shape index (κ2) is 5.53. The molecule has 3 nitrogen and oxygen atoms in total. The van der Waals surface area contributed by atoms with Gasteiger partial charge in [0.15, 0.2) is 0 Å². The molecule has 0 spiro atoms. The Morgan fingerprint density at radius 1 is 0.850 bits per heavy atom. The largest absolute Gasteiger partial charge is 0.497 e. The summed E-state index contributed by atoms with van der Waals surface area (Å²) in [5.74, 6) is 0.855. The first kappa shape index (κ1) is 12.4. The van der Waals surface area contributed by atoms with Crippen molar-refractivity contribution in [1.82, 2.24) is 9.97 Å². The van der Waals surface area contributed by atoms with Crippen molar-refractivity contribution in [3.63, 3.8) is 0 Å². The number of hydrogen-bond donors (Lipinski definition) is 0. The quantitative estimate of drug-likeness (QED) is 0.719. The molecule has 1 aromatic heterocycles. The van der Waals surface area contributed by atoms with Crippen molar-refractivity contribution in [3.05, 3.63) is 67.1 Å². The Bertz CT molecular complexity index is 694. The van der Waals surface area contributed by atoms with Crippen LogP contribution in [0.2, 0.25) is 0 Å². The van der Waals surface area contributed by atoms with Gasteiger partial charge < -0.3 is 4.74 Å². The predicted molar refractivity (Wildman–Crippen MR) is 79.5 cm³/mol. The van der Waals surface area contributed by atoms with Crippen molar-refractivity contribution in [2.45, 2.75) is 0 Å². The maximum absolute atomic E-state index is 5.20. The summed E-state index contributed by atoms with van der Waals surface area (Å²) in [4.78, 5) is 8.30. The van der Waals surface area contributed by atoms with E-state index in [1.54, 1.807) is 19.6 Å². The van der Waals surface area contributed by atoms with E-state index >= 15 is 0 Å². The van der Waals surface area contributed by atoms with Crippen LogP contribution in [0.1, 0.15) is 0 Å². The minimum absolute atomic E-state index is 0.855. The van der Waals surface area contributed by atoms with Gasteiger partial charge in [-0.3, -0.25) is 0 Å². The van der Waals surface area contributed by atoms with E-state index in [1.807, 2.05) is 30.3 Å². The molecule has 1 heterocycles. The maximum Gasteiger partial charge on any atom is 0.118 e. The summed E-state index contributed by atoms with van der Waals surface area (Å²) in [5.41, 5.74) is 4.31. The van der Waals surface area contributed by atoms with Crippen molar-refractivity contribution in [1.29, 1.82) is 0 Å². The van der Waals surface area contributed by atoms with Crippen LogP contribution in [0.5, 0.6) is 5.75 Å². The molecule has 0 N–H and O–H groups in total. The van der Waals surface area contributed by atoms with E-state index < -0.39 is 0 Å². The van der Waals surface area contributed by atoms with Gasteiger partial charge in [-0.15, -0.1) is 0 Å². The first-order valence-corrected chi connectivity index (χ1v) is 6.38. The predicted octanol–water partition coefficient (Wildman–Crippen LogP) is 3.82. The number of ether oxygens (including phenoxy) is 1. The van der Waals surface area contributed by atoms with Crippen molar-refractivity contribution in [2.75, 3.05) is 7.11 Å². The lowest BCUT2D eigenvalue weighted by Gasteiger charge is -2.09. The summed E-state index contributed by atoms with van der Waals surface area (Å²) in [6.07, 6.45) is 3.33. The lowest BCUT2D eigenvalue weighted by atomic mass is 9.97. The van der Waals surface area contributed by atoms with Gasteiger partial charge in [-0.05, 0) is 29.3 Å². The highest BCUT2D eigenvalue weighted by molar-refractivity contribution is 5.81. The van der Waals surface area contributed by atoms with Gasteiger partial charge in [0, 0.05) is 11.8 Å². The number of rotatable bonds is 3.